The van der Waals surface area contributed by atoms with Crippen LogP contribution in [0.15, 0.2) is 16.5 Å². The molecule has 1 aromatic heterocycles. The summed E-state index contributed by atoms with van der Waals surface area (Å²) in [5, 5.41) is 9.23. The van der Waals surface area contributed by atoms with Crippen LogP contribution >= 0.6 is 0 Å². The normalized spacial score (nSPS) is 22.5. The molecular formula is C13H20N2O4. The summed E-state index contributed by atoms with van der Waals surface area (Å²) < 4.78 is 11.0. The van der Waals surface area contributed by atoms with E-state index in [0.29, 0.717) is 18.8 Å². The highest BCUT2D eigenvalue weighted by atomic mass is 16.5. The van der Waals surface area contributed by atoms with Gasteiger partial charge in [0.25, 0.3) is 5.91 Å². The second-order valence-corrected chi connectivity index (χ2v) is 5.34. The minimum Gasteiger partial charge on any atom is -0.455 e. The van der Waals surface area contributed by atoms with Crippen LogP contribution < -0.4 is 5.73 Å². The maximum atomic E-state index is 12.3. The quantitative estimate of drug-likeness (QED) is 0.825. The lowest BCUT2D eigenvalue weighted by Crippen LogP contribution is -2.55. The van der Waals surface area contributed by atoms with Gasteiger partial charge in [-0.3, -0.25) is 4.79 Å². The molecule has 0 saturated carbocycles. The number of morpholine rings is 1. The summed E-state index contributed by atoms with van der Waals surface area (Å²) in [6, 6.07) is 3.32. The van der Waals surface area contributed by atoms with Crippen LogP contribution in [0.3, 0.4) is 0 Å². The lowest BCUT2D eigenvalue weighted by Gasteiger charge is -2.41. The first-order valence-corrected chi connectivity index (χ1v) is 6.32. The van der Waals surface area contributed by atoms with Crippen LogP contribution in [0.25, 0.3) is 0 Å². The lowest BCUT2D eigenvalue weighted by molar-refractivity contribution is -0.139. The highest BCUT2D eigenvalue weighted by molar-refractivity contribution is 5.91. The maximum absolute atomic E-state index is 12.3. The fourth-order valence-electron chi connectivity index (χ4n) is 2.30. The minimum atomic E-state index is -0.482. The number of ether oxygens (including phenoxy) is 1. The zero-order valence-corrected chi connectivity index (χ0v) is 11.3. The van der Waals surface area contributed by atoms with Gasteiger partial charge in [0, 0.05) is 13.1 Å². The molecule has 1 atom stereocenters. The molecule has 1 saturated heterocycles. The largest absolute Gasteiger partial charge is 0.455 e. The molecule has 19 heavy (non-hydrogen) atoms. The highest BCUT2D eigenvalue weighted by Crippen LogP contribution is 2.23. The van der Waals surface area contributed by atoms with Crippen molar-refractivity contribution >= 4 is 5.91 Å². The summed E-state index contributed by atoms with van der Waals surface area (Å²) in [7, 11) is 0. The van der Waals surface area contributed by atoms with Crippen molar-refractivity contribution in [2.75, 3.05) is 19.7 Å². The van der Waals surface area contributed by atoms with Gasteiger partial charge in [0.05, 0.1) is 24.9 Å². The number of furan rings is 1. The third kappa shape index (κ3) is 3.15. The molecule has 1 aliphatic rings. The molecule has 0 spiro atoms. The molecule has 1 amide bonds. The van der Waals surface area contributed by atoms with Crippen LogP contribution in [-0.4, -0.2) is 47.3 Å². The number of amides is 1. The molecule has 2 rings (SSSR count). The molecule has 6 heteroatoms. The Bertz CT molecular complexity index is 455. The van der Waals surface area contributed by atoms with Crippen LogP contribution in [0.4, 0.5) is 0 Å². The Morgan fingerprint density at radius 1 is 1.58 bits per heavy atom. The number of aliphatic hydroxyl groups is 1. The number of rotatable bonds is 3. The summed E-state index contributed by atoms with van der Waals surface area (Å²) in [5.74, 6) is 0.652. The summed E-state index contributed by atoms with van der Waals surface area (Å²) in [6.07, 6.45) is -0.364. The van der Waals surface area contributed by atoms with Crippen molar-refractivity contribution < 1.29 is 19.1 Å². The average molecular weight is 268 g/mol. The maximum Gasteiger partial charge on any atom is 0.289 e. The summed E-state index contributed by atoms with van der Waals surface area (Å²) in [6.45, 7) is 4.75. The topological polar surface area (TPSA) is 88.9 Å². The fourth-order valence-corrected chi connectivity index (χ4v) is 2.30. The first-order chi connectivity index (χ1) is 8.95. The van der Waals surface area contributed by atoms with E-state index < -0.39 is 5.60 Å². The zero-order valence-electron chi connectivity index (χ0n) is 11.3. The van der Waals surface area contributed by atoms with Gasteiger partial charge in [-0.2, -0.15) is 0 Å². The Labute approximate surface area is 112 Å². The molecule has 0 aromatic carbocycles. The van der Waals surface area contributed by atoms with Gasteiger partial charge in [-0.1, -0.05) is 0 Å². The monoisotopic (exact) mass is 268 g/mol. The van der Waals surface area contributed by atoms with Crippen LogP contribution in [0.5, 0.6) is 0 Å². The number of aliphatic hydroxyl groups excluding tert-OH is 1. The van der Waals surface area contributed by atoms with Crippen molar-refractivity contribution in [2.24, 2.45) is 5.73 Å². The smallest absolute Gasteiger partial charge is 0.289 e. The van der Waals surface area contributed by atoms with Crippen molar-refractivity contribution in [3.63, 3.8) is 0 Å². The van der Waals surface area contributed by atoms with Crippen LogP contribution in [-0.2, 0) is 11.3 Å². The molecular weight excluding hydrogens is 248 g/mol. The van der Waals surface area contributed by atoms with Crippen molar-refractivity contribution in [3.05, 3.63) is 23.7 Å². The SMILES string of the molecule is CC1(C)CN(C(=O)c2ccc(CN)o2)CC(CO)O1. The average Bonchev–Trinajstić information content (AvgIpc) is 2.84. The van der Waals surface area contributed by atoms with Gasteiger partial charge < -0.3 is 24.9 Å². The number of hydrogen-bond acceptors (Lipinski definition) is 5. The van der Waals surface area contributed by atoms with Crippen LogP contribution in [0, 0.1) is 0 Å². The molecule has 1 aromatic rings. The molecule has 6 nitrogen and oxygen atoms in total. The predicted molar refractivity (Wildman–Crippen MR) is 68.5 cm³/mol. The van der Waals surface area contributed by atoms with Crippen molar-refractivity contribution in [1.29, 1.82) is 0 Å². The van der Waals surface area contributed by atoms with E-state index in [1.165, 1.54) is 0 Å². The van der Waals surface area contributed by atoms with E-state index in [0.717, 1.165) is 0 Å². The van der Waals surface area contributed by atoms with Crippen molar-refractivity contribution in [3.8, 4) is 0 Å². The van der Waals surface area contributed by atoms with Gasteiger partial charge >= 0.3 is 0 Å². The number of nitrogens with two attached hydrogens (primary N) is 1. The minimum absolute atomic E-state index is 0.112. The van der Waals surface area contributed by atoms with Crippen molar-refractivity contribution in [2.45, 2.75) is 32.1 Å². The highest BCUT2D eigenvalue weighted by Gasteiger charge is 2.36. The van der Waals surface area contributed by atoms with Gasteiger partial charge in [0.2, 0.25) is 0 Å². The molecule has 1 aliphatic heterocycles. The summed E-state index contributed by atoms with van der Waals surface area (Å²) in [4.78, 5) is 14.0. The van der Waals surface area contributed by atoms with E-state index in [9.17, 15) is 9.90 Å². The number of nitrogens with zero attached hydrogens (tertiary/aromatic N) is 1. The second-order valence-electron chi connectivity index (χ2n) is 5.34. The number of hydrogen-bond donors (Lipinski definition) is 2. The molecule has 0 aliphatic carbocycles. The zero-order chi connectivity index (χ0) is 14.0. The molecule has 1 unspecified atom stereocenters. The summed E-state index contributed by atoms with van der Waals surface area (Å²) >= 11 is 0. The fraction of sp³-hybridized carbons (Fsp3) is 0.615. The van der Waals surface area contributed by atoms with Crippen LogP contribution in [0.1, 0.15) is 30.2 Å². The van der Waals surface area contributed by atoms with E-state index in [4.69, 9.17) is 14.9 Å². The molecule has 1 fully saturated rings. The Balaban J connectivity index is 2.13. The first kappa shape index (κ1) is 14.0. The van der Waals surface area contributed by atoms with Gasteiger partial charge in [0.1, 0.15) is 5.76 Å². The summed E-state index contributed by atoms with van der Waals surface area (Å²) in [5.41, 5.74) is 4.98. The number of carbonyl (C=O) groups excluding carboxylic acids is 1. The predicted octanol–water partition coefficient (Wildman–Crippen LogP) is 0.350. The third-order valence-corrected chi connectivity index (χ3v) is 3.05. The van der Waals surface area contributed by atoms with Crippen molar-refractivity contribution in [1.82, 2.24) is 4.90 Å². The van der Waals surface area contributed by atoms with Crippen LogP contribution in [0.2, 0.25) is 0 Å². The van der Waals surface area contributed by atoms with E-state index in [2.05, 4.69) is 0 Å². The Morgan fingerprint density at radius 2 is 2.32 bits per heavy atom. The third-order valence-electron chi connectivity index (χ3n) is 3.05. The van der Waals surface area contributed by atoms with E-state index in [1.54, 1.807) is 17.0 Å². The second kappa shape index (κ2) is 5.32. The molecule has 3 N–H and O–H groups in total. The van der Waals surface area contributed by atoms with E-state index in [1.807, 2.05) is 13.8 Å². The molecule has 106 valence electrons. The van der Waals surface area contributed by atoms with Gasteiger partial charge in [0.15, 0.2) is 5.76 Å². The molecule has 0 radical (unpaired) electrons. The van der Waals surface area contributed by atoms with Gasteiger partial charge in [-0.15, -0.1) is 0 Å². The van der Waals surface area contributed by atoms with Gasteiger partial charge in [-0.05, 0) is 26.0 Å². The molecule has 0 bridgehead atoms. The molecule has 2 heterocycles. The Morgan fingerprint density at radius 3 is 2.89 bits per heavy atom. The first-order valence-electron chi connectivity index (χ1n) is 6.32. The van der Waals surface area contributed by atoms with E-state index >= 15 is 0 Å². The lowest BCUT2D eigenvalue weighted by atomic mass is 10.1. The Kier molecular flexibility index (Phi) is 3.93. The number of carbonyl (C=O) groups is 1. The van der Waals surface area contributed by atoms with E-state index in [-0.39, 0.29) is 30.9 Å². The standard InChI is InChI=1S/C13H20N2O4/c1-13(2)8-15(6-10(7-16)19-13)12(17)11-4-3-9(5-14)18-11/h3-4,10,16H,5-8,14H2,1-2H3. The Hall–Kier alpha value is -1.37. The van der Waals surface area contributed by atoms with Gasteiger partial charge in [-0.25, -0.2) is 0 Å².